The van der Waals surface area contributed by atoms with Crippen LogP contribution in [0.4, 0.5) is 0 Å². The lowest BCUT2D eigenvalue weighted by molar-refractivity contribution is 1.00. The van der Waals surface area contributed by atoms with Gasteiger partial charge in [0.05, 0.1) is 0 Å². The number of rotatable bonds is 0. The zero-order chi connectivity index (χ0) is 13.1. The molecule has 0 fully saturated rings. The fourth-order valence-corrected chi connectivity index (χ4v) is 3.83. The smallest absolute Gasteiger partial charge is 0.00206 e. The highest BCUT2D eigenvalue weighted by Gasteiger charge is 2.16. The summed E-state index contributed by atoms with van der Waals surface area (Å²) in [5, 5.41) is 8.47. The average molecular weight is 254 g/mol. The van der Waals surface area contributed by atoms with Crippen molar-refractivity contribution in [3.8, 4) is 0 Å². The van der Waals surface area contributed by atoms with Crippen molar-refractivity contribution < 1.29 is 0 Å². The number of hydrogen-bond donors (Lipinski definition) is 0. The Balaban J connectivity index is 2.22. The summed E-state index contributed by atoms with van der Waals surface area (Å²) in [7, 11) is 0. The quantitative estimate of drug-likeness (QED) is 0.361. The van der Waals surface area contributed by atoms with Crippen LogP contribution in [0.15, 0.2) is 54.6 Å². The number of fused-ring (bicyclic) bond motifs is 3. The number of allylic oxidation sites excluding steroid dienone is 1. The first-order valence-corrected chi connectivity index (χ1v) is 7.28. The van der Waals surface area contributed by atoms with Gasteiger partial charge in [0.1, 0.15) is 0 Å². The van der Waals surface area contributed by atoms with E-state index in [1.54, 1.807) is 0 Å². The third kappa shape index (κ3) is 1.17. The summed E-state index contributed by atoms with van der Waals surface area (Å²) in [4.78, 5) is 0. The molecule has 0 bridgehead atoms. The Morgan fingerprint density at radius 3 is 2.20 bits per heavy atom. The van der Waals surface area contributed by atoms with Gasteiger partial charge in [0.15, 0.2) is 0 Å². The van der Waals surface area contributed by atoms with Crippen LogP contribution >= 0.6 is 0 Å². The van der Waals surface area contributed by atoms with E-state index in [2.05, 4.69) is 60.7 Å². The molecule has 4 aromatic rings. The minimum Gasteiger partial charge on any atom is -0.0836 e. The summed E-state index contributed by atoms with van der Waals surface area (Å²) >= 11 is 0. The summed E-state index contributed by atoms with van der Waals surface area (Å²) in [6.07, 6.45) is 6.96. The molecular weight excluding hydrogens is 240 g/mol. The molecule has 0 nitrogen and oxygen atoms in total. The third-order valence-electron chi connectivity index (χ3n) is 4.67. The molecule has 20 heavy (non-hydrogen) atoms. The highest BCUT2D eigenvalue weighted by atomic mass is 14.2. The summed E-state index contributed by atoms with van der Waals surface area (Å²) < 4.78 is 0. The van der Waals surface area contributed by atoms with E-state index in [0.717, 1.165) is 12.8 Å². The largest absolute Gasteiger partial charge is 0.0836 e. The van der Waals surface area contributed by atoms with Gasteiger partial charge in [-0.15, -0.1) is 0 Å². The predicted molar refractivity (Wildman–Crippen MR) is 87.5 cm³/mol. The van der Waals surface area contributed by atoms with E-state index in [1.165, 1.54) is 43.4 Å². The minimum atomic E-state index is 1.16. The van der Waals surface area contributed by atoms with E-state index >= 15 is 0 Å². The van der Waals surface area contributed by atoms with Gasteiger partial charge in [0, 0.05) is 0 Å². The van der Waals surface area contributed by atoms with Crippen LogP contribution in [0.25, 0.3) is 38.4 Å². The van der Waals surface area contributed by atoms with Gasteiger partial charge >= 0.3 is 0 Å². The van der Waals surface area contributed by atoms with Gasteiger partial charge in [0.25, 0.3) is 0 Å². The maximum atomic E-state index is 2.32. The van der Waals surface area contributed by atoms with Crippen molar-refractivity contribution in [1.82, 2.24) is 0 Å². The third-order valence-corrected chi connectivity index (χ3v) is 4.67. The predicted octanol–water partition coefficient (Wildman–Crippen LogP) is 5.54. The van der Waals surface area contributed by atoms with Gasteiger partial charge in [-0.1, -0.05) is 60.7 Å². The monoisotopic (exact) mass is 254 g/mol. The lowest BCUT2D eigenvalue weighted by Crippen LogP contribution is -1.98. The van der Waals surface area contributed by atoms with Gasteiger partial charge in [-0.2, -0.15) is 0 Å². The molecule has 1 aliphatic rings. The first kappa shape index (κ1) is 10.4. The van der Waals surface area contributed by atoms with E-state index < -0.39 is 0 Å². The molecule has 0 heteroatoms. The van der Waals surface area contributed by atoms with Crippen molar-refractivity contribution in [3.63, 3.8) is 0 Å². The highest BCUT2D eigenvalue weighted by Crippen LogP contribution is 2.41. The highest BCUT2D eigenvalue weighted by molar-refractivity contribution is 6.25. The molecule has 0 N–H and O–H groups in total. The second kappa shape index (κ2) is 3.61. The van der Waals surface area contributed by atoms with Gasteiger partial charge in [0.2, 0.25) is 0 Å². The fourth-order valence-electron chi connectivity index (χ4n) is 3.83. The van der Waals surface area contributed by atoms with Crippen molar-refractivity contribution in [3.05, 3.63) is 65.7 Å². The molecule has 5 rings (SSSR count). The van der Waals surface area contributed by atoms with Crippen LogP contribution in [0.3, 0.4) is 0 Å². The molecule has 1 aliphatic carbocycles. The Morgan fingerprint density at radius 2 is 1.40 bits per heavy atom. The Hall–Kier alpha value is -2.34. The molecule has 0 aliphatic heterocycles. The lowest BCUT2D eigenvalue weighted by atomic mass is 9.84. The fraction of sp³-hybridized carbons (Fsp3) is 0.100. The molecule has 94 valence electrons. The first-order valence-electron chi connectivity index (χ1n) is 7.28. The maximum Gasteiger partial charge on any atom is -0.00206 e. The van der Waals surface area contributed by atoms with Crippen LogP contribution in [0, 0.1) is 0 Å². The molecule has 0 radical (unpaired) electrons. The van der Waals surface area contributed by atoms with Crippen molar-refractivity contribution >= 4 is 38.4 Å². The molecule has 0 heterocycles. The minimum absolute atomic E-state index is 1.16. The van der Waals surface area contributed by atoms with Crippen LogP contribution in [-0.4, -0.2) is 0 Å². The second-order valence-corrected chi connectivity index (χ2v) is 5.71. The first-order chi connectivity index (χ1) is 9.93. The Bertz CT molecular complexity index is 989. The summed E-state index contributed by atoms with van der Waals surface area (Å²) in [6.45, 7) is 0. The van der Waals surface area contributed by atoms with Gasteiger partial charge in [-0.3, -0.25) is 0 Å². The van der Waals surface area contributed by atoms with Crippen molar-refractivity contribution in [2.45, 2.75) is 12.8 Å². The van der Waals surface area contributed by atoms with E-state index in [9.17, 15) is 0 Å². The van der Waals surface area contributed by atoms with E-state index in [1.807, 2.05) is 0 Å². The zero-order valence-corrected chi connectivity index (χ0v) is 11.2. The molecule has 0 unspecified atom stereocenters. The second-order valence-electron chi connectivity index (χ2n) is 5.71. The number of aryl methyl sites for hydroxylation is 1. The lowest BCUT2D eigenvalue weighted by Gasteiger charge is -2.20. The molecule has 0 atom stereocenters. The Kier molecular flexibility index (Phi) is 1.88. The SMILES string of the molecule is C1=Cc2c(c3cccc4ccc5cccc2c5c43)CC1. The Labute approximate surface area is 117 Å². The van der Waals surface area contributed by atoms with Crippen molar-refractivity contribution in [2.75, 3.05) is 0 Å². The number of benzene rings is 4. The molecule has 0 saturated carbocycles. The molecule has 0 amide bonds. The van der Waals surface area contributed by atoms with Crippen LogP contribution < -0.4 is 0 Å². The van der Waals surface area contributed by atoms with Gasteiger partial charge in [-0.25, -0.2) is 0 Å². The van der Waals surface area contributed by atoms with Crippen LogP contribution in [0.2, 0.25) is 0 Å². The van der Waals surface area contributed by atoms with E-state index in [4.69, 9.17) is 0 Å². The molecule has 0 aromatic heterocycles. The average Bonchev–Trinajstić information content (AvgIpc) is 2.53. The molecule has 0 saturated heterocycles. The maximum absolute atomic E-state index is 2.32. The van der Waals surface area contributed by atoms with Crippen molar-refractivity contribution in [1.29, 1.82) is 0 Å². The normalized spacial score (nSPS) is 14.4. The van der Waals surface area contributed by atoms with Crippen LogP contribution in [0.1, 0.15) is 17.5 Å². The van der Waals surface area contributed by atoms with Crippen LogP contribution in [0.5, 0.6) is 0 Å². The van der Waals surface area contributed by atoms with E-state index in [0.29, 0.717) is 0 Å². The molecular formula is C20H14. The number of hydrogen-bond acceptors (Lipinski definition) is 0. The summed E-state index contributed by atoms with van der Waals surface area (Å²) in [5.41, 5.74) is 2.97. The van der Waals surface area contributed by atoms with Crippen LogP contribution in [-0.2, 0) is 6.42 Å². The Morgan fingerprint density at radius 1 is 0.700 bits per heavy atom. The topological polar surface area (TPSA) is 0 Å². The van der Waals surface area contributed by atoms with E-state index in [-0.39, 0.29) is 0 Å². The van der Waals surface area contributed by atoms with Crippen molar-refractivity contribution in [2.24, 2.45) is 0 Å². The van der Waals surface area contributed by atoms with Gasteiger partial charge < -0.3 is 0 Å². The standard InChI is InChI=1S/C20H14/c1-2-8-16-15(7-1)17-9-3-5-13-11-12-14-6-4-10-18(16)20(14)19(13)17/h1,3-7,9-12H,2,8H2. The summed E-state index contributed by atoms with van der Waals surface area (Å²) in [5.74, 6) is 0. The molecule has 0 spiro atoms. The molecule has 4 aromatic carbocycles. The summed E-state index contributed by atoms with van der Waals surface area (Å²) in [6, 6.07) is 17.9. The van der Waals surface area contributed by atoms with Gasteiger partial charge in [-0.05, 0) is 56.3 Å². The zero-order valence-electron chi connectivity index (χ0n) is 11.2.